The predicted octanol–water partition coefficient (Wildman–Crippen LogP) is 2.43. The fraction of sp³-hybridized carbons (Fsp3) is 0.571. The number of hydrogen-bond acceptors (Lipinski definition) is 2. The van der Waals surface area contributed by atoms with Crippen molar-refractivity contribution in [3.63, 3.8) is 0 Å². The molecule has 0 radical (unpaired) electrons. The zero-order valence-electron chi connectivity index (χ0n) is 10.5. The fourth-order valence-electron chi connectivity index (χ4n) is 2.55. The van der Waals surface area contributed by atoms with Gasteiger partial charge >= 0.3 is 0 Å². The summed E-state index contributed by atoms with van der Waals surface area (Å²) < 4.78 is 0. The van der Waals surface area contributed by atoms with Crippen LogP contribution in [0, 0.1) is 12.8 Å². The van der Waals surface area contributed by atoms with E-state index in [9.17, 15) is 0 Å². The Balaban J connectivity index is 2.11. The molecular formula is C14H22N2. The van der Waals surface area contributed by atoms with Crippen molar-refractivity contribution in [2.75, 3.05) is 25.0 Å². The number of aryl methyl sites for hydroxylation is 1. The molecule has 1 fully saturated rings. The van der Waals surface area contributed by atoms with E-state index in [0.29, 0.717) is 6.04 Å². The van der Waals surface area contributed by atoms with Gasteiger partial charge < -0.3 is 10.2 Å². The van der Waals surface area contributed by atoms with E-state index in [0.717, 1.165) is 19.0 Å². The minimum Gasteiger partial charge on any atom is -0.371 e. The summed E-state index contributed by atoms with van der Waals surface area (Å²) in [4.78, 5) is 2.44. The third-order valence-electron chi connectivity index (χ3n) is 3.68. The van der Waals surface area contributed by atoms with Crippen LogP contribution in [0.1, 0.15) is 18.9 Å². The molecule has 2 heteroatoms. The Labute approximate surface area is 98.7 Å². The summed E-state index contributed by atoms with van der Waals surface area (Å²) in [6, 6.07) is 9.51. The lowest BCUT2D eigenvalue weighted by Crippen LogP contribution is -2.47. The topological polar surface area (TPSA) is 15.3 Å². The SMILES string of the molecule is Cc1ccc(N(C)C2CCNCC2C)cc1. The quantitative estimate of drug-likeness (QED) is 0.820. The maximum Gasteiger partial charge on any atom is 0.0366 e. The number of benzene rings is 1. The van der Waals surface area contributed by atoms with Crippen LogP contribution >= 0.6 is 0 Å². The normalized spacial score (nSPS) is 25.4. The molecule has 2 rings (SSSR count). The van der Waals surface area contributed by atoms with Crippen molar-refractivity contribution in [3.05, 3.63) is 29.8 Å². The van der Waals surface area contributed by atoms with Crippen LogP contribution in [0.3, 0.4) is 0 Å². The van der Waals surface area contributed by atoms with Gasteiger partial charge in [0.2, 0.25) is 0 Å². The van der Waals surface area contributed by atoms with Crippen LogP contribution in [-0.2, 0) is 0 Å². The average molecular weight is 218 g/mol. The maximum atomic E-state index is 3.45. The van der Waals surface area contributed by atoms with Gasteiger partial charge in [0.1, 0.15) is 0 Å². The molecule has 1 aromatic carbocycles. The number of nitrogens with one attached hydrogen (secondary N) is 1. The van der Waals surface area contributed by atoms with Gasteiger partial charge in [-0.25, -0.2) is 0 Å². The first-order valence-electron chi connectivity index (χ1n) is 6.18. The smallest absolute Gasteiger partial charge is 0.0366 e. The third-order valence-corrected chi connectivity index (χ3v) is 3.68. The first-order chi connectivity index (χ1) is 7.68. The maximum absolute atomic E-state index is 3.45. The van der Waals surface area contributed by atoms with Crippen molar-refractivity contribution in [2.24, 2.45) is 5.92 Å². The monoisotopic (exact) mass is 218 g/mol. The van der Waals surface area contributed by atoms with E-state index in [1.54, 1.807) is 0 Å². The predicted molar refractivity (Wildman–Crippen MR) is 70.0 cm³/mol. The zero-order valence-corrected chi connectivity index (χ0v) is 10.5. The molecule has 0 amide bonds. The second kappa shape index (κ2) is 4.88. The van der Waals surface area contributed by atoms with Crippen LogP contribution in [0.5, 0.6) is 0 Å². The Bertz CT molecular complexity index is 331. The summed E-state index contributed by atoms with van der Waals surface area (Å²) in [6.45, 7) is 6.75. The van der Waals surface area contributed by atoms with E-state index in [-0.39, 0.29) is 0 Å². The highest BCUT2D eigenvalue weighted by molar-refractivity contribution is 5.47. The molecule has 88 valence electrons. The van der Waals surface area contributed by atoms with Crippen LogP contribution in [0.15, 0.2) is 24.3 Å². The molecule has 2 nitrogen and oxygen atoms in total. The molecule has 1 N–H and O–H groups in total. The number of piperidine rings is 1. The number of anilines is 1. The molecule has 0 spiro atoms. The molecule has 16 heavy (non-hydrogen) atoms. The lowest BCUT2D eigenvalue weighted by molar-refractivity contribution is 0.339. The molecule has 0 saturated carbocycles. The summed E-state index contributed by atoms with van der Waals surface area (Å²) in [5.41, 5.74) is 2.67. The van der Waals surface area contributed by atoms with Gasteiger partial charge in [0.05, 0.1) is 0 Å². The van der Waals surface area contributed by atoms with Gasteiger partial charge in [-0.05, 0) is 44.5 Å². The molecular weight excluding hydrogens is 196 g/mol. The molecule has 1 aliphatic rings. The minimum atomic E-state index is 0.670. The van der Waals surface area contributed by atoms with Crippen LogP contribution in [-0.4, -0.2) is 26.2 Å². The van der Waals surface area contributed by atoms with E-state index < -0.39 is 0 Å². The van der Waals surface area contributed by atoms with Gasteiger partial charge in [-0.2, -0.15) is 0 Å². The summed E-state index contributed by atoms with van der Waals surface area (Å²) in [5, 5.41) is 3.45. The van der Waals surface area contributed by atoms with Crippen LogP contribution in [0.25, 0.3) is 0 Å². The lowest BCUT2D eigenvalue weighted by Gasteiger charge is -2.38. The molecule has 1 aromatic rings. The Morgan fingerprint density at radius 1 is 1.25 bits per heavy atom. The van der Waals surface area contributed by atoms with E-state index >= 15 is 0 Å². The van der Waals surface area contributed by atoms with Crippen molar-refractivity contribution in [3.8, 4) is 0 Å². The zero-order chi connectivity index (χ0) is 11.5. The highest BCUT2D eigenvalue weighted by atomic mass is 15.2. The average Bonchev–Trinajstić information content (AvgIpc) is 2.30. The largest absolute Gasteiger partial charge is 0.371 e. The van der Waals surface area contributed by atoms with E-state index in [2.05, 4.69) is 55.4 Å². The standard InChI is InChI=1S/C14H22N2/c1-11-4-6-13(7-5-11)16(3)14-8-9-15-10-12(14)2/h4-7,12,14-15H,8-10H2,1-3H3. The van der Waals surface area contributed by atoms with Crippen LogP contribution in [0.2, 0.25) is 0 Å². The first-order valence-corrected chi connectivity index (χ1v) is 6.18. The van der Waals surface area contributed by atoms with Crippen molar-refractivity contribution in [1.29, 1.82) is 0 Å². The minimum absolute atomic E-state index is 0.670. The first kappa shape index (κ1) is 11.5. The third kappa shape index (κ3) is 2.38. The van der Waals surface area contributed by atoms with Crippen LogP contribution < -0.4 is 10.2 Å². The second-order valence-electron chi connectivity index (χ2n) is 4.98. The van der Waals surface area contributed by atoms with Gasteiger partial charge in [0.15, 0.2) is 0 Å². The van der Waals surface area contributed by atoms with Gasteiger partial charge in [0, 0.05) is 18.8 Å². The van der Waals surface area contributed by atoms with E-state index in [1.807, 2.05) is 0 Å². The van der Waals surface area contributed by atoms with Crippen molar-refractivity contribution >= 4 is 5.69 Å². The number of nitrogens with zero attached hydrogens (tertiary/aromatic N) is 1. The number of rotatable bonds is 2. The Kier molecular flexibility index (Phi) is 3.49. The van der Waals surface area contributed by atoms with Crippen molar-refractivity contribution in [1.82, 2.24) is 5.32 Å². The van der Waals surface area contributed by atoms with E-state index in [4.69, 9.17) is 0 Å². The molecule has 0 aromatic heterocycles. The van der Waals surface area contributed by atoms with E-state index in [1.165, 1.54) is 17.7 Å². The summed E-state index contributed by atoms with van der Waals surface area (Å²) in [6.07, 6.45) is 1.24. The lowest BCUT2D eigenvalue weighted by atomic mass is 9.93. The second-order valence-corrected chi connectivity index (χ2v) is 4.98. The van der Waals surface area contributed by atoms with Gasteiger partial charge in [-0.15, -0.1) is 0 Å². The van der Waals surface area contributed by atoms with Gasteiger partial charge in [-0.1, -0.05) is 24.6 Å². The highest BCUT2D eigenvalue weighted by Crippen LogP contribution is 2.23. The highest BCUT2D eigenvalue weighted by Gasteiger charge is 2.24. The number of hydrogen-bond donors (Lipinski definition) is 1. The molecule has 1 heterocycles. The summed E-state index contributed by atoms with van der Waals surface area (Å²) >= 11 is 0. The summed E-state index contributed by atoms with van der Waals surface area (Å²) in [5.74, 6) is 0.722. The Morgan fingerprint density at radius 3 is 2.56 bits per heavy atom. The molecule has 0 aliphatic carbocycles. The van der Waals surface area contributed by atoms with Crippen molar-refractivity contribution in [2.45, 2.75) is 26.3 Å². The molecule has 1 saturated heterocycles. The van der Waals surface area contributed by atoms with Crippen molar-refractivity contribution < 1.29 is 0 Å². The Hall–Kier alpha value is -1.02. The molecule has 2 unspecified atom stereocenters. The molecule has 1 aliphatic heterocycles. The van der Waals surface area contributed by atoms with Gasteiger partial charge in [-0.3, -0.25) is 0 Å². The summed E-state index contributed by atoms with van der Waals surface area (Å²) in [7, 11) is 2.22. The fourth-order valence-corrected chi connectivity index (χ4v) is 2.55. The molecule has 2 atom stereocenters. The Morgan fingerprint density at radius 2 is 1.94 bits per heavy atom. The molecule has 0 bridgehead atoms. The van der Waals surface area contributed by atoms with Gasteiger partial charge in [0.25, 0.3) is 0 Å². The van der Waals surface area contributed by atoms with Crippen LogP contribution in [0.4, 0.5) is 5.69 Å².